The number of thioether (sulfide) groups is 1. The van der Waals surface area contributed by atoms with E-state index in [1.54, 1.807) is 24.2 Å². The van der Waals surface area contributed by atoms with Crippen molar-refractivity contribution < 1.29 is 4.79 Å². The van der Waals surface area contributed by atoms with Crippen molar-refractivity contribution in [1.29, 1.82) is 0 Å². The summed E-state index contributed by atoms with van der Waals surface area (Å²) in [6, 6.07) is 10.1. The molecule has 5 nitrogen and oxygen atoms in total. The topological polar surface area (TPSA) is 58.1 Å². The summed E-state index contributed by atoms with van der Waals surface area (Å²) in [5, 5.41) is 3.15. The third-order valence-corrected chi connectivity index (χ3v) is 5.25. The van der Waals surface area contributed by atoms with E-state index >= 15 is 0 Å². The number of nitrogens with zero attached hydrogens (tertiary/aromatic N) is 3. The molecule has 0 unspecified atom stereocenters. The lowest BCUT2D eigenvalue weighted by Gasteiger charge is -2.33. The molecule has 0 bridgehead atoms. The van der Waals surface area contributed by atoms with Crippen LogP contribution in [-0.4, -0.2) is 40.8 Å². The molecule has 24 heavy (non-hydrogen) atoms. The fraction of sp³-hybridized carbons (Fsp3) is 0.389. The maximum absolute atomic E-state index is 12.3. The van der Waals surface area contributed by atoms with Crippen LogP contribution in [0.4, 0.5) is 5.95 Å². The van der Waals surface area contributed by atoms with E-state index in [1.807, 2.05) is 18.2 Å². The van der Waals surface area contributed by atoms with E-state index in [2.05, 4.69) is 39.2 Å². The third kappa shape index (κ3) is 4.47. The summed E-state index contributed by atoms with van der Waals surface area (Å²) in [5.41, 5.74) is 1.21. The van der Waals surface area contributed by atoms with Gasteiger partial charge in [0, 0.05) is 36.4 Å². The summed E-state index contributed by atoms with van der Waals surface area (Å²) >= 11 is 1.59. The van der Waals surface area contributed by atoms with Gasteiger partial charge in [0.05, 0.1) is 5.75 Å². The van der Waals surface area contributed by atoms with Gasteiger partial charge >= 0.3 is 0 Å². The van der Waals surface area contributed by atoms with Gasteiger partial charge in [-0.2, -0.15) is 0 Å². The normalized spacial score (nSPS) is 17.5. The second kappa shape index (κ2) is 8.15. The van der Waals surface area contributed by atoms with E-state index in [0.29, 0.717) is 5.75 Å². The van der Waals surface area contributed by atoms with Crippen molar-refractivity contribution in [2.24, 2.45) is 0 Å². The second-order valence-electron chi connectivity index (χ2n) is 5.96. The molecule has 2 aromatic rings. The first-order valence-corrected chi connectivity index (χ1v) is 9.20. The van der Waals surface area contributed by atoms with Crippen LogP contribution in [0.2, 0.25) is 0 Å². The van der Waals surface area contributed by atoms with Crippen LogP contribution in [0.25, 0.3) is 0 Å². The number of carbonyl (C=O) groups excluding carboxylic acids is 1. The quantitative estimate of drug-likeness (QED) is 0.847. The zero-order valence-corrected chi connectivity index (χ0v) is 14.6. The molecule has 1 saturated heterocycles. The largest absolute Gasteiger partial charge is 0.351 e. The van der Waals surface area contributed by atoms with Crippen molar-refractivity contribution in [3.8, 4) is 0 Å². The van der Waals surface area contributed by atoms with Gasteiger partial charge in [-0.15, -0.1) is 11.8 Å². The molecule has 1 fully saturated rings. The van der Waals surface area contributed by atoms with Crippen LogP contribution in [0, 0.1) is 6.92 Å². The van der Waals surface area contributed by atoms with Crippen LogP contribution in [0.3, 0.4) is 0 Å². The first-order chi connectivity index (χ1) is 11.7. The van der Waals surface area contributed by atoms with Crippen molar-refractivity contribution in [2.45, 2.75) is 30.7 Å². The first-order valence-electron chi connectivity index (χ1n) is 8.22. The number of hydrogen-bond donors (Lipinski definition) is 1. The minimum atomic E-state index is 0.0871. The summed E-state index contributed by atoms with van der Waals surface area (Å²) in [4.78, 5) is 24.2. The van der Waals surface area contributed by atoms with E-state index in [0.717, 1.165) is 36.8 Å². The summed E-state index contributed by atoms with van der Waals surface area (Å²) in [6.07, 6.45) is 5.55. The Hall–Kier alpha value is -2.08. The van der Waals surface area contributed by atoms with Crippen molar-refractivity contribution in [2.75, 3.05) is 23.7 Å². The highest BCUT2D eigenvalue weighted by atomic mass is 32.2. The lowest BCUT2D eigenvalue weighted by molar-refractivity contribution is -0.119. The number of anilines is 1. The summed E-state index contributed by atoms with van der Waals surface area (Å²) in [5.74, 6) is 1.28. The van der Waals surface area contributed by atoms with Gasteiger partial charge in [0.2, 0.25) is 11.9 Å². The molecule has 1 aliphatic rings. The Kier molecular flexibility index (Phi) is 5.69. The Balaban J connectivity index is 1.50. The SMILES string of the molecule is Cc1ccccc1SCC(=O)N[C@H]1CCCN(c2ncccn2)C1. The van der Waals surface area contributed by atoms with Gasteiger partial charge in [0.25, 0.3) is 0 Å². The zero-order valence-electron chi connectivity index (χ0n) is 13.8. The monoisotopic (exact) mass is 342 g/mol. The molecule has 2 heterocycles. The van der Waals surface area contributed by atoms with E-state index in [4.69, 9.17) is 0 Å². The maximum Gasteiger partial charge on any atom is 0.230 e. The van der Waals surface area contributed by atoms with Crippen LogP contribution < -0.4 is 10.2 Å². The Morgan fingerprint density at radius 1 is 1.29 bits per heavy atom. The van der Waals surface area contributed by atoms with E-state index in [-0.39, 0.29) is 11.9 Å². The number of carbonyl (C=O) groups is 1. The number of benzene rings is 1. The Bertz CT molecular complexity index is 680. The Morgan fingerprint density at radius 3 is 2.88 bits per heavy atom. The van der Waals surface area contributed by atoms with Gasteiger partial charge in [-0.25, -0.2) is 9.97 Å². The zero-order chi connectivity index (χ0) is 16.8. The molecule has 1 aromatic carbocycles. The fourth-order valence-corrected chi connectivity index (χ4v) is 3.70. The van der Waals surface area contributed by atoms with Gasteiger partial charge < -0.3 is 10.2 Å². The average molecular weight is 342 g/mol. The Labute approximate surface area is 146 Å². The Morgan fingerprint density at radius 2 is 2.08 bits per heavy atom. The summed E-state index contributed by atoms with van der Waals surface area (Å²) < 4.78 is 0. The molecule has 1 N–H and O–H groups in total. The lowest BCUT2D eigenvalue weighted by atomic mass is 10.1. The molecule has 126 valence electrons. The number of nitrogens with one attached hydrogen (secondary N) is 1. The minimum absolute atomic E-state index is 0.0871. The average Bonchev–Trinajstić information content (AvgIpc) is 2.62. The van der Waals surface area contributed by atoms with Crippen molar-refractivity contribution in [1.82, 2.24) is 15.3 Å². The van der Waals surface area contributed by atoms with Crippen molar-refractivity contribution in [3.63, 3.8) is 0 Å². The van der Waals surface area contributed by atoms with Crippen molar-refractivity contribution in [3.05, 3.63) is 48.3 Å². The molecule has 3 rings (SSSR count). The van der Waals surface area contributed by atoms with Crippen LogP contribution in [0.1, 0.15) is 18.4 Å². The molecule has 1 atom stereocenters. The van der Waals surface area contributed by atoms with Crippen molar-refractivity contribution >= 4 is 23.6 Å². The number of aromatic nitrogens is 2. The molecule has 0 radical (unpaired) electrons. The molecule has 1 aliphatic heterocycles. The molecule has 0 spiro atoms. The molecule has 0 aliphatic carbocycles. The van der Waals surface area contributed by atoms with Gasteiger partial charge in [-0.05, 0) is 37.5 Å². The van der Waals surface area contributed by atoms with Gasteiger partial charge in [-0.1, -0.05) is 18.2 Å². The number of rotatable bonds is 5. The predicted octanol–water partition coefficient (Wildman–Crippen LogP) is 2.66. The molecule has 6 heteroatoms. The smallest absolute Gasteiger partial charge is 0.230 e. The van der Waals surface area contributed by atoms with Gasteiger partial charge in [0.15, 0.2) is 0 Å². The van der Waals surface area contributed by atoms with Gasteiger partial charge in [-0.3, -0.25) is 4.79 Å². The second-order valence-corrected chi connectivity index (χ2v) is 6.97. The number of amides is 1. The summed E-state index contributed by atoms with van der Waals surface area (Å²) in [6.45, 7) is 3.78. The highest BCUT2D eigenvalue weighted by molar-refractivity contribution is 8.00. The number of aryl methyl sites for hydroxylation is 1. The minimum Gasteiger partial charge on any atom is -0.351 e. The number of piperidine rings is 1. The van der Waals surface area contributed by atoms with E-state index < -0.39 is 0 Å². The lowest BCUT2D eigenvalue weighted by Crippen LogP contribution is -2.48. The maximum atomic E-state index is 12.3. The van der Waals surface area contributed by atoms with Crippen LogP contribution >= 0.6 is 11.8 Å². The predicted molar refractivity (Wildman–Crippen MR) is 97.3 cm³/mol. The molecular weight excluding hydrogens is 320 g/mol. The van der Waals surface area contributed by atoms with Crippen LogP contribution in [0.5, 0.6) is 0 Å². The van der Waals surface area contributed by atoms with E-state index in [9.17, 15) is 4.79 Å². The van der Waals surface area contributed by atoms with E-state index in [1.165, 1.54) is 5.56 Å². The summed E-state index contributed by atoms with van der Waals surface area (Å²) in [7, 11) is 0. The fourth-order valence-electron chi connectivity index (χ4n) is 2.86. The van der Waals surface area contributed by atoms with Crippen LogP contribution in [0.15, 0.2) is 47.6 Å². The number of hydrogen-bond acceptors (Lipinski definition) is 5. The van der Waals surface area contributed by atoms with Gasteiger partial charge in [0.1, 0.15) is 0 Å². The third-order valence-electron chi connectivity index (χ3n) is 4.07. The first kappa shape index (κ1) is 16.8. The highest BCUT2D eigenvalue weighted by Crippen LogP contribution is 2.21. The molecule has 0 saturated carbocycles. The van der Waals surface area contributed by atoms with Crippen LogP contribution in [-0.2, 0) is 4.79 Å². The molecular formula is C18H22N4OS. The molecule has 1 amide bonds. The standard InChI is InChI=1S/C18H22N4OS/c1-14-6-2-3-8-16(14)24-13-17(23)21-15-7-4-11-22(12-15)18-19-9-5-10-20-18/h2-3,5-6,8-10,15H,4,7,11-13H2,1H3,(H,21,23)/t15-/m0/s1. The molecule has 1 aromatic heterocycles. The highest BCUT2D eigenvalue weighted by Gasteiger charge is 2.22.